The van der Waals surface area contributed by atoms with Crippen molar-refractivity contribution in [3.63, 3.8) is 0 Å². The lowest BCUT2D eigenvalue weighted by molar-refractivity contribution is 0.217. The summed E-state index contributed by atoms with van der Waals surface area (Å²) in [6.07, 6.45) is 0.291. The lowest BCUT2D eigenvalue weighted by Gasteiger charge is -2.12. The Bertz CT molecular complexity index is 850. The Morgan fingerprint density at radius 2 is 2.26 bits per heavy atom. The van der Waals surface area contributed by atoms with Crippen molar-refractivity contribution in [3.8, 4) is 0 Å². The summed E-state index contributed by atoms with van der Waals surface area (Å²) in [6.45, 7) is 1.84. The molecule has 1 aliphatic heterocycles. The number of nitrogens with one attached hydrogen (secondary N) is 2. The number of hydrogen-bond acceptors (Lipinski definition) is 5. The van der Waals surface area contributed by atoms with Gasteiger partial charge in [-0.2, -0.15) is 0 Å². The molecule has 5 nitrogen and oxygen atoms in total. The fourth-order valence-corrected chi connectivity index (χ4v) is 4.59. The fraction of sp³-hybridized carbons (Fsp3) is 0.214. The Morgan fingerprint density at radius 1 is 1.48 bits per heavy atom. The molecule has 0 spiro atoms. The van der Waals surface area contributed by atoms with Gasteiger partial charge in [0.15, 0.2) is 0 Å². The summed E-state index contributed by atoms with van der Waals surface area (Å²) in [7, 11) is -3.80. The molecule has 0 saturated heterocycles. The van der Waals surface area contributed by atoms with Crippen LogP contribution >= 0.6 is 23.6 Å². The molecule has 0 fully saturated rings. The van der Waals surface area contributed by atoms with Crippen LogP contribution in [0.15, 0.2) is 33.9 Å². The first-order chi connectivity index (χ1) is 10.8. The molecule has 2 heterocycles. The zero-order chi connectivity index (χ0) is 16.6. The molecule has 2 aromatic rings. The van der Waals surface area contributed by atoms with Crippen LogP contribution in [0.3, 0.4) is 0 Å². The highest BCUT2D eigenvalue weighted by Gasteiger charge is 2.22. The Balaban J connectivity index is 1.97. The number of hydrogen-bond donors (Lipinski definition) is 2. The monoisotopic (exact) mass is 372 g/mol. The maximum Gasteiger partial charge on any atom is 0.271 e. The van der Waals surface area contributed by atoms with Crippen LogP contribution in [-0.2, 0) is 21.2 Å². The SMILES string of the molecule is CC1Cc2cc(NS(=O)(=O)c3cccs3)c(F)cc2NC(=S)O1. The quantitative estimate of drug-likeness (QED) is 0.809. The summed E-state index contributed by atoms with van der Waals surface area (Å²) in [6, 6.07) is 5.77. The lowest BCUT2D eigenvalue weighted by Crippen LogP contribution is -2.16. The minimum absolute atomic E-state index is 0.0982. The van der Waals surface area contributed by atoms with E-state index in [4.69, 9.17) is 17.0 Å². The van der Waals surface area contributed by atoms with E-state index in [-0.39, 0.29) is 21.2 Å². The summed E-state index contributed by atoms with van der Waals surface area (Å²) < 4.78 is 46.5. The number of ether oxygens (including phenoxy) is 1. The van der Waals surface area contributed by atoms with Crippen LogP contribution in [-0.4, -0.2) is 19.7 Å². The number of fused-ring (bicyclic) bond motifs is 1. The summed E-state index contributed by atoms with van der Waals surface area (Å²) in [5.74, 6) is -0.686. The van der Waals surface area contributed by atoms with Gasteiger partial charge in [0.1, 0.15) is 16.1 Å². The third-order valence-electron chi connectivity index (χ3n) is 3.25. The average Bonchev–Trinajstić information content (AvgIpc) is 2.94. The van der Waals surface area contributed by atoms with Gasteiger partial charge in [-0.05, 0) is 48.3 Å². The third-order valence-corrected chi connectivity index (χ3v) is 6.21. The number of halogens is 1. The molecule has 1 aliphatic rings. The van der Waals surface area contributed by atoms with E-state index < -0.39 is 15.8 Å². The average molecular weight is 372 g/mol. The van der Waals surface area contributed by atoms with E-state index in [9.17, 15) is 12.8 Å². The van der Waals surface area contributed by atoms with Gasteiger partial charge in [0.2, 0.25) is 0 Å². The van der Waals surface area contributed by atoms with Gasteiger partial charge in [0.25, 0.3) is 15.2 Å². The van der Waals surface area contributed by atoms with E-state index >= 15 is 0 Å². The van der Waals surface area contributed by atoms with Gasteiger partial charge in [0, 0.05) is 12.1 Å². The van der Waals surface area contributed by atoms with Crippen molar-refractivity contribution in [1.82, 2.24) is 0 Å². The molecule has 9 heteroatoms. The minimum atomic E-state index is -3.80. The number of anilines is 2. The number of sulfonamides is 1. The van der Waals surface area contributed by atoms with Crippen LogP contribution in [0.1, 0.15) is 12.5 Å². The van der Waals surface area contributed by atoms with Crippen LogP contribution in [0.2, 0.25) is 0 Å². The van der Waals surface area contributed by atoms with Crippen LogP contribution in [0.4, 0.5) is 15.8 Å². The minimum Gasteiger partial charge on any atom is -0.467 e. The Hall–Kier alpha value is -1.71. The third kappa shape index (κ3) is 3.46. The van der Waals surface area contributed by atoms with Crippen molar-refractivity contribution in [3.05, 3.63) is 41.0 Å². The van der Waals surface area contributed by atoms with Crippen molar-refractivity contribution in [2.75, 3.05) is 10.0 Å². The van der Waals surface area contributed by atoms with Gasteiger partial charge in [-0.25, -0.2) is 12.8 Å². The second-order valence-corrected chi connectivity index (χ2v) is 8.30. The molecule has 1 aromatic carbocycles. The molecule has 1 unspecified atom stereocenters. The highest BCUT2D eigenvalue weighted by atomic mass is 32.2. The van der Waals surface area contributed by atoms with E-state index in [1.807, 2.05) is 6.92 Å². The van der Waals surface area contributed by atoms with Crippen molar-refractivity contribution in [1.29, 1.82) is 0 Å². The van der Waals surface area contributed by atoms with Gasteiger partial charge in [-0.1, -0.05) is 6.07 Å². The first-order valence-electron chi connectivity index (χ1n) is 6.71. The van der Waals surface area contributed by atoms with Crippen molar-refractivity contribution >= 4 is 50.1 Å². The standard InChI is InChI=1S/C14H13FN2O3S3/c1-8-5-9-6-12(10(15)7-11(9)16-14(21)20-8)17-23(18,19)13-3-2-4-22-13/h2-4,6-8,17H,5H2,1H3,(H,16,21). The molecule has 0 amide bonds. The normalized spacial score (nSPS) is 17.7. The molecule has 23 heavy (non-hydrogen) atoms. The molecule has 122 valence electrons. The largest absolute Gasteiger partial charge is 0.467 e. The van der Waals surface area contributed by atoms with Crippen molar-refractivity contribution in [2.24, 2.45) is 0 Å². The summed E-state index contributed by atoms with van der Waals surface area (Å²) in [4.78, 5) is 0. The molecular formula is C14H13FN2O3S3. The highest BCUT2D eigenvalue weighted by Crippen LogP contribution is 2.30. The predicted molar refractivity (Wildman–Crippen MR) is 92.0 cm³/mol. The molecule has 1 atom stereocenters. The zero-order valence-corrected chi connectivity index (χ0v) is 14.4. The molecule has 3 rings (SSSR count). The lowest BCUT2D eigenvalue weighted by atomic mass is 10.1. The molecule has 0 aliphatic carbocycles. The van der Waals surface area contributed by atoms with E-state index in [2.05, 4.69) is 10.0 Å². The first-order valence-corrected chi connectivity index (χ1v) is 9.48. The van der Waals surface area contributed by atoms with Crippen LogP contribution in [0.25, 0.3) is 0 Å². The predicted octanol–water partition coefficient (Wildman–Crippen LogP) is 3.35. The number of thiophene rings is 1. The molecule has 1 aromatic heterocycles. The van der Waals surface area contributed by atoms with E-state index in [1.165, 1.54) is 18.2 Å². The van der Waals surface area contributed by atoms with Gasteiger partial charge in [-0.3, -0.25) is 4.72 Å². The molecular weight excluding hydrogens is 359 g/mol. The second kappa shape index (κ2) is 6.06. The highest BCUT2D eigenvalue weighted by molar-refractivity contribution is 7.94. The molecule has 0 radical (unpaired) electrons. The first kappa shape index (κ1) is 16.2. The fourth-order valence-electron chi connectivity index (χ4n) is 2.27. The van der Waals surface area contributed by atoms with Crippen molar-refractivity contribution < 1.29 is 17.5 Å². The Labute approximate surface area is 142 Å². The summed E-state index contributed by atoms with van der Waals surface area (Å²) >= 11 is 6.06. The smallest absolute Gasteiger partial charge is 0.271 e. The molecule has 2 N–H and O–H groups in total. The maximum absolute atomic E-state index is 14.3. The Kier molecular flexibility index (Phi) is 4.26. The van der Waals surface area contributed by atoms with Crippen LogP contribution in [0, 0.1) is 5.82 Å². The Morgan fingerprint density at radius 3 is 2.96 bits per heavy atom. The van der Waals surface area contributed by atoms with Crippen molar-refractivity contribution in [2.45, 2.75) is 23.7 Å². The summed E-state index contributed by atoms with van der Waals surface area (Å²) in [5, 5.41) is 4.62. The van der Waals surface area contributed by atoms with E-state index in [0.29, 0.717) is 12.1 Å². The van der Waals surface area contributed by atoms with Gasteiger partial charge in [-0.15, -0.1) is 11.3 Å². The summed E-state index contributed by atoms with van der Waals surface area (Å²) in [5.41, 5.74) is 1.11. The molecule has 0 saturated carbocycles. The number of thiocarbonyl (C=S) groups is 1. The van der Waals surface area contributed by atoms with Gasteiger partial charge in [0.05, 0.1) is 5.69 Å². The molecule has 0 bridgehead atoms. The maximum atomic E-state index is 14.3. The van der Waals surface area contributed by atoms with Crippen LogP contribution in [0.5, 0.6) is 0 Å². The van der Waals surface area contributed by atoms with Gasteiger partial charge < -0.3 is 10.1 Å². The second-order valence-electron chi connectivity index (χ2n) is 5.07. The topological polar surface area (TPSA) is 67.4 Å². The van der Waals surface area contributed by atoms with Crippen LogP contribution < -0.4 is 10.0 Å². The zero-order valence-electron chi connectivity index (χ0n) is 12.0. The van der Waals surface area contributed by atoms with E-state index in [1.54, 1.807) is 11.4 Å². The van der Waals surface area contributed by atoms with E-state index in [0.717, 1.165) is 16.9 Å². The number of benzene rings is 1. The van der Waals surface area contributed by atoms with Gasteiger partial charge >= 0.3 is 0 Å². The number of rotatable bonds is 3.